The third kappa shape index (κ3) is 2.72. The molecular formula is C23H16O4S. The summed E-state index contributed by atoms with van der Waals surface area (Å²) in [6.07, 6.45) is -0.692. The van der Waals surface area contributed by atoms with E-state index in [1.165, 1.54) is 11.3 Å². The van der Waals surface area contributed by atoms with Crippen LogP contribution in [0.25, 0.3) is 32.3 Å². The topological polar surface area (TPSA) is 44.8 Å². The highest BCUT2D eigenvalue weighted by Gasteiger charge is 2.25. The Balaban J connectivity index is 1.75. The molecule has 5 rings (SSSR count). The minimum absolute atomic E-state index is 0.273. The molecular weight excluding hydrogens is 372 g/mol. The molecule has 0 unspecified atom stereocenters. The molecule has 5 heteroatoms. The fraction of sp³-hybridized carbons (Fsp3) is 0.0870. The summed E-state index contributed by atoms with van der Waals surface area (Å²) >= 11 is 1.41. The quantitative estimate of drug-likeness (QED) is 0.309. The van der Waals surface area contributed by atoms with Gasteiger partial charge in [0, 0.05) is 33.0 Å². The van der Waals surface area contributed by atoms with E-state index < -0.39 is 6.16 Å². The predicted molar refractivity (Wildman–Crippen MR) is 110 cm³/mol. The van der Waals surface area contributed by atoms with Crippen LogP contribution in [-0.2, 0) is 4.74 Å². The highest BCUT2D eigenvalue weighted by atomic mass is 32.1. The van der Waals surface area contributed by atoms with E-state index >= 15 is 0 Å². The Morgan fingerprint density at radius 2 is 1.79 bits per heavy atom. The summed E-state index contributed by atoms with van der Waals surface area (Å²) in [5, 5.41) is 2.66. The number of carbonyl (C=O) groups is 1. The zero-order chi connectivity index (χ0) is 19.1. The lowest BCUT2D eigenvalue weighted by atomic mass is 10.0. The molecule has 0 fully saturated rings. The van der Waals surface area contributed by atoms with Crippen LogP contribution in [0.2, 0.25) is 0 Å². The van der Waals surface area contributed by atoms with Gasteiger partial charge >= 0.3 is 6.16 Å². The minimum atomic E-state index is -0.692. The first kappa shape index (κ1) is 16.8. The second kappa shape index (κ2) is 6.69. The van der Waals surface area contributed by atoms with Crippen LogP contribution in [-0.4, -0.2) is 12.8 Å². The second-order valence-corrected chi connectivity index (χ2v) is 7.37. The lowest BCUT2D eigenvalue weighted by molar-refractivity contribution is 0.105. The minimum Gasteiger partial charge on any atom is -0.455 e. The van der Waals surface area contributed by atoms with E-state index in [1.807, 2.05) is 42.5 Å². The van der Waals surface area contributed by atoms with Gasteiger partial charge in [-0.15, -0.1) is 0 Å². The van der Waals surface area contributed by atoms with Gasteiger partial charge in [0.05, 0.1) is 6.61 Å². The molecule has 0 spiro atoms. The van der Waals surface area contributed by atoms with E-state index in [0.29, 0.717) is 5.06 Å². The van der Waals surface area contributed by atoms with Gasteiger partial charge in [-0.05, 0) is 24.4 Å². The van der Waals surface area contributed by atoms with Gasteiger partial charge in [0.2, 0.25) is 0 Å². The van der Waals surface area contributed by atoms with E-state index in [2.05, 4.69) is 24.3 Å². The normalized spacial score (nSPS) is 11.6. The van der Waals surface area contributed by atoms with Crippen LogP contribution in [0.15, 0.2) is 66.7 Å². The van der Waals surface area contributed by atoms with Crippen molar-refractivity contribution < 1.29 is 19.0 Å². The maximum atomic E-state index is 11.8. The van der Waals surface area contributed by atoms with Crippen LogP contribution in [0.3, 0.4) is 0 Å². The van der Waals surface area contributed by atoms with Crippen LogP contribution in [0.1, 0.15) is 6.92 Å². The number of hydrogen-bond acceptors (Lipinski definition) is 5. The zero-order valence-corrected chi connectivity index (χ0v) is 15.9. The fourth-order valence-corrected chi connectivity index (χ4v) is 4.51. The van der Waals surface area contributed by atoms with E-state index in [-0.39, 0.29) is 6.61 Å². The van der Waals surface area contributed by atoms with Crippen molar-refractivity contribution in [3.8, 4) is 38.1 Å². The van der Waals surface area contributed by atoms with Crippen molar-refractivity contribution in [2.24, 2.45) is 0 Å². The van der Waals surface area contributed by atoms with Crippen molar-refractivity contribution in [3.05, 3.63) is 66.7 Å². The van der Waals surface area contributed by atoms with Crippen molar-refractivity contribution in [2.45, 2.75) is 6.92 Å². The number of fused-ring (bicyclic) bond motifs is 7. The molecule has 28 heavy (non-hydrogen) atoms. The maximum Gasteiger partial charge on any atom is 0.514 e. The van der Waals surface area contributed by atoms with Crippen molar-refractivity contribution in [3.63, 3.8) is 0 Å². The number of carbonyl (C=O) groups excluding carboxylic acids is 1. The van der Waals surface area contributed by atoms with Gasteiger partial charge in [0.15, 0.2) is 5.06 Å². The van der Waals surface area contributed by atoms with Gasteiger partial charge in [-0.1, -0.05) is 59.9 Å². The SMILES string of the molecule is CCOC(=O)Oc1cc2c(s1)-c1ccc3ccccc3c1Oc1ccccc1-2. The molecule has 0 amide bonds. The van der Waals surface area contributed by atoms with Gasteiger partial charge in [-0.25, -0.2) is 4.79 Å². The van der Waals surface area contributed by atoms with Crippen molar-refractivity contribution in [2.75, 3.05) is 6.61 Å². The third-order valence-electron chi connectivity index (χ3n) is 4.67. The molecule has 4 nitrogen and oxygen atoms in total. The number of hydrogen-bond donors (Lipinski definition) is 0. The first-order valence-electron chi connectivity index (χ1n) is 9.02. The van der Waals surface area contributed by atoms with Gasteiger partial charge in [-0.2, -0.15) is 0 Å². The molecule has 0 bridgehead atoms. The Labute approximate surface area is 165 Å². The summed E-state index contributed by atoms with van der Waals surface area (Å²) < 4.78 is 16.7. The van der Waals surface area contributed by atoms with E-state index in [0.717, 1.165) is 43.8 Å². The van der Waals surface area contributed by atoms with Crippen molar-refractivity contribution >= 4 is 28.3 Å². The summed E-state index contributed by atoms with van der Waals surface area (Å²) in [4.78, 5) is 12.8. The van der Waals surface area contributed by atoms with Gasteiger partial charge in [0.25, 0.3) is 0 Å². The summed E-state index contributed by atoms with van der Waals surface area (Å²) in [5.41, 5.74) is 2.93. The Morgan fingerprint density at radius 3 is 2.68 bits per heavy atom. The molecule has 138 valence electrons. The van der Waals surface area contributed by atoms with Crippen LogP contribution >= 0.6 is 11.3 Å². The van der Waals surface area contributed by atoms with Crippen molar-refractivity contribution in [1.29, 1.82) is 0 Å². The molecule has 1 aliphatic heterocycles. The summed E-state index contributed by atoms with van der Waals surface area (Å²) in [6.45, 7) is 2.02. The van der Waals surface area contributed by atoms with Crippen LogP contribution in [0.4, 0.5) is 4.79 Å². The fourth-order valence-electron chi connectivity index (χ4n) is 3.47. The van der Waals surface area contributed by atoms with Gasteiger partial charge < -0.3 is 14.2 Å². The molecule has 1 aromatic heterocycles. The van der Waals surface area contributed by atoms with Crippen LogP contribution in [0, 0.1) is 0 Å². The monoisotopic (exact) mass is 388 g/mol. The number of benzene rings is 3. The van der Waals surface area contributed by atoms with E-state index in [9.17, 15) is 4.79 Å². The smallest absolute Gasteiger partial charge is 0.455 e. The lowest BCUT2D eigenvalue weighted by Crippen LogP contribution is -2.08. The maximum absolute atomic E-state index is 11.8. The highest BCUT2D eigenvalue weighted by molar-refractivity contribution is 7.18. The Hall–Kier alpha value is -3.31. The Kier molecular flexibility index (Phi) is 4.02. The Morgan fingerprint density at radius 1 is 0.964 bits per heavy atom. The molecule has 2 heterocycles. The first-order valence-corrected chi connectivity index (χ1v) is 9.84. The number of thiophene rings is 1. The van der Waals surface area contributed by atoms with E-state index in [4.69, 9.17) is 14.2 Å². The summed E-state index contributed by atoms with van der Waals surface area (Å²) in [5.74, 6) is 1.59. The van der Waals surface area contributed by atoms with E-state index in [1.54, 1.807) is 6.92 Å². The van der Waals surface area contributed by atoms with Crippen LogP contribution in [0.5, 0.6) is 16.6 Å². The van der Waals surface area contributed by atoms with Crippen LogP contribution < -0.4 is 9.47 Å². The molecule has 0 atom stereocenters. The molecule has 0 saturated heterocycles. The first-order chi connectivity index (χ1) is 13.7. The second-order valence-electron chi connectivity index (χ2n) is 6.35. The van der Waals surface area contributed by atoms with Gasteiger partial charge in [-0.3, -0.25) is 0 Å². The molecule has 3 aromatic carbocycles. The average molecular weight is 388 g/mol. The molecule has 0 radical (unpaired) electrons. The number of ether oxygens (including phenoxy) is 3. The third-order valence-corrected chi connectivity index (χ3v) is 5.72. The van der Waals surface area contributed by atoms with Gasteiger partial charge in [0.1, 0.15) is 11.5 Å². The predicted octanol–water partition coefficient (Wildman–Crippen LogP) is 6.88. The molecule has 4 aromatic rings. The lowest BCUT2D eigenvalue weighted by Gasteiger charge is -2.12. The summed E-state index contributed by atoms with van der Waals surface area (Å²) in [7, 11) is 0. The molecule has 0 saturated carbocycles. The largest absolute Gasteiger partial charge is 0.514 e. The Bertz CT molecular complexity index is 1210. The molecule has 0 N–H and O–H groups in total. The number of para-hydroxylation sites is 1. The molecule has 0 aliphatic carbocycles. The average Bonchev–Trinajstić information content (AvgIpc) is 3.06. The standard InChI is InChI=1S/C23H16O4S/c1-2-25-23(24)27-20-13-18-16-9-5-6-10-19(16)26-21-15-8-4-3-7-14(15)11-12-17(21)22(18)28-20/h3-13H,2H2,1H3. The van der Waals surface area contributed by atoms with Crippen molar-refractivity contribution in [1.82, 2.24) is 0 Å². The number of rotatable bonds is 2. The molecule has 1 aliphatic rings. The highest BCUT2D eigenvalue weighted by Crippen LogP contribution is 2.53. The summed E-state index contributed by atoms with van der Waals surface area (Å²) in [6, 6.07) is 22.1. The zero-order valence-electron chi connectivity index (χ0n) is 15.1.